The Morgan fingerprint density at radius 1 is 1.57 bits per heavy atom. The van der Waals surface area contributed by atoms with Crippen molar-refractivity contribution in [3.63, 3.8) is 0 Å². The van der Waals surface area contributed by atoms with Crippen LogP contribution < -0.4 is 0 Å². The highest BCUT2D eigenvalue weighted by atomic mass is 16.5. The van der Waals surface area contributed by atoms with Gasteiger partial charge in [-0.3, -0.25) is 0 Å². The van der Waals surface area contributed by atoms with Gasteiger partial charge in [0, 0.05) is 5.92 Å². The topological polar surface area (TPSA) is 9.23 Å². The summed E-state index contributed by atoms with van der Waals surface area (Å²) in [6.45, 7) is 3.36. The fourth-order valence-electron chi connectivity index (χ4n) is 1.46. The summed E-state index contributed by atoms with van der Waals surface area (Å²) in [6.07, 6.45) is 2.01. The minimum absolute atomic E-state index is 0.690. The summed E-state index contributed by atoms with van der Waals surface area (Å²) < 4.78 is 5.20. The summed E-state index contributed by atoms with van der Waals surface area (Å²) >= 11 is 0. The maximum atomic E-state index is 5.20. The van der Waals surface area contributed by atoms with Crippen LogP contribution in [0.5, 0.6) is 0 Å². The number of rotatable bonds is 0. The molecule has 1 heterocycles. The van der Waals surface area contributed by atoms with Crippen molar-refractivity contribution in [2.75, 3.05) is 6.61 Å². The van der Waals surface area contributed by atoms with E-state index in [0.717, 1.165) is 18.4 Å². The summed E-state index contributed by atoms with van der Waals surface area (Å²) in [6, 6.07) is 0. The molecule has 3 atom stereocenters. The van der Waals surface area contributed by atoms with E-state index < -0.39 is 0 Å². The van der Waals surface area contributed by atoms with E-state index in [4.69, 9.17) is 4.74 Å². The molecule has 2 rings (SSSR count). The van der Waals surface area contributed by atoms with E-state index in [9.17, 15) is 0 Å². The lowest BCUT2D eigenvalue weighted by atomic mass is 9.69. The molecule has 0 aromatic heterocycles. The molecular formula is C6H10O. The first-order valence-electron chi connectivity index (χ1n) is 2.99. The van der Waals surface area contributed by atoms with Crippen molar-refractivity contribution < 1.29 is 4.74 Å². The van der Waals surface area contributed by atoms with Gasteiger partial charge in [-0.15, -0.1) is 0 Å². The van der Waals surface area contributed by atoms with Gasteiger partial charge in [0.25, 0.3) is 0 Å². The minimum Gasteiger partial charge on any atom is -0.377 e. The molecule has 2 fully saturated rings. The maximum absolute atomic E-state index is 5.20. The molecule has 2 aliphatic rings. The Hall–Kier alpha value is -0.0400. The van der Waals surface area contributed by atoms with Gasteiger partial charge in [-0.1, -0.05) is 6.92 Å². The average molecular weight is 98.1 g/mol. The van der Waals surface area contributed by atoms with Gasteiger partial charge >= 0.3 is 0 Å². The molecule has 1 heteroatoms. The van der Waals surface area contributed by atoms with Gasteiger partial charge in [0.05, 0.1) is 12.7 Å². The van der Waals surface area contributed by atoms with E-state index in [1.54, 1.807) is 0 Å². The third-order valence-corrected chi connectivity index (χ3v) is 2.32. The number of hydrogen-bond donors (Lipinski definition) is 0. The van der Waals surface area contributed by atoms with Crippen LogP contribution in [0.25, 0.3) is 0 Å². The molecular weight excluding hydrogens is 88.1 g/mol. The van der Waals surface area contributed by atoms with Crippen molar-refractivity contribution in [2.45, 2.75) is 19.4 Å². The Labute approximate surface area is 43.7 Å². The van der Waals surface area contributed by atoms with E-state index in [-0.39, 0.29) is 0 Å². The van der Waals surface area contributed by atoms with Gasteiger partial charge < -0.3 is 4.74 Å². The van der Waals surface area contributed by atoms with Crippen LogP contribution in [-0.2, 0) is 4.74 Å². The van der Waals surface area contributed by atoms with Gasteiger partial charge in [0.2, 0.25) is 0 Å². The highest BCUT2D eigenvalue weighted by Crippen LogP contribution is 2.43. The number of ether oxygens (including phenoxy) is 1. The molecule has 1 aliphatic carbocycles. The molecule has 7 heavy (non-hydrogen) atoms. The molecule has 2 unspecified atom stereocenters. The van der Waals surface area contributed by atoms with E-state index in [2.05, 4.69) is 6.92 Å². The molecule has 1 nitrogen and oxygen atoms in total. The second kappa shape index (κ2) is 1.03. The zero-order valence-corrected chi connectivity index (χ0v) is 4.55. The molecule has 0 spiro atoms. The normalized spacial score (nSPS) is 57.0. The minimum atomic E-state index is 0.690. The fraction of sp³-hybridized carbons (Fsp3) is 1.00. The van der Waals surface area contributed by atoms with Crippen molar-refractivity contribution in [2.24, 2.45) is 11.8 Å². The Kier molecular flexibility index (Phi) is 0.571. The van der Waals surface area contributed by atoms with E-state index in [1.165, 1.54) is 6.42 Å². The molecule has 0 amide bonds. The summed E-state index contributed by atoms with van der Waals surface area (Å²) in [5, 5.41) is 0. The predicted molar refractivity (Wildman–Crippen MR) is 27.0 cm³/mol. The molecule has 1 aliphatic heterocycles. The molecule has 0 bridgehead atoms. The second-order valence-electron chi connectivity index (χ2n) is 2.75. The highest BCUT2D eigenvalue weighted by molar-refractivity contribution is 4.93. The van der Waals surface area contributed by atoms with Gasteiger partial charge in [-0.2, -0.15) is 0 Å². The lowest BCUT2D eigenvalue weighted by molar-refractivity contribution is -0.205. The van der Waals surface area contributed by atoms with E-state index >= 15 is 0 Å². The molecule has 0 N–H and O–H groups in total. The average Bonchev–Trinajstić information content (AvgIpc) is 1.59. The zero-order chi connectivity index (χ0) is 4.85. The van der Waals surface area contributed by atoms with Crippen LogP contribution in [0.15, 0.2) is 0 Å². The molecule has 0 aromatic rings. The van der Waals surface area contributed by atoms with E-state index in [1.807, 2.05) is 0 Å². The first-order chi connectivity index (χ1) is 3.38. The van der Waals surface area contributed by atoms with Crippen LogP contribution in [0.4, 0.5) is 0 Å². The van der Waals surface area contributed by atoms with Crippen LogP contribution in [0.1, 0.15) is 13.3 Å². The van der Waals surface area contributed by atoms with Crippen molar-refractivity contribution in [1.82, 2.24) is 0 Å². The van der Waals surface area contributed by atoms with E-state index in [0.29, 0.717) is 6.10 Å². The smallest absolute Gasteiger partial charge is 0.0630 e. The SMILES string of the molecule is CC1C[C@@H]2OCC12. The molecule has 0 aromatic carbocycles. The monoisotopic (exact) mass is 98.1 g/mol. The Morgan fingerprint density at radius 2 is 2.43 bits per heavy atom. The first kappa shape index (κ1) is 3.90. The summed E-state index contributed by atoms with van der Waals surface area (Å²) in [4.78, 5) is 0. The fourth-order valence-corrected chi connectivity index (χ4v) is 1.46. The van der Waals surface area contributed by atoms with Crippen LogP contribution in [-0.4, -0.2) is 12.7 Å². The van der Waals surface area contributed by atoms with Crippen LogP contribution in [0.2, 0.25) is 0 Å². The van der Waals surface area contributed by atoms with Crippen LogP contribution >= 0.6 is 0 Å². The second-order valence-corrected chi connectivity index (χ2v) is 2.75. The molecule has 1 saturated heterocycles. The van der Waals surface area contributed by atoms with Crippen molar-refractivity contribution >= 4 is 0 Å². The zero-order valence-electron chi connectivity index (χ0n) is 4.55. The van der Waals surface area contributed by atoms with Gasteiger partial charge in [-0.05, 0) is 12.3 Å². The lowest BCUT2D eigenvalue weighted by Crippen LogP contribution is -2.53. The largest absolute Gasteiger partial charge is 0.377 e. The van der Waals surface area contributed by atoms with Gasteiger partial charge in [0.15, 0.2) is 0 Å². The third kappa shape index (κ3) is 0.325. The quantitative estimate of drug-likeness (QED) is 0.440. The first-order valence-corrected chi connectivity index (χ1v) is 2.99. The van der Waals surface area contributed by atoms with Crippen LogP contribution in [0, 0.1) is 11.8 Å². The van der Waals surface area contributed by atoms with Crippen molar-refractivity contribution in [3.8, 4) is 0 Å². The van der Waals surface area contributed by atoms with Crippen molar-refractivity contribution in [3.05, 3.63) is 0 Å². The summed E-state index contributed by atoms with van der Waals surface area (Å²) in [7, 11) is 0. The van der Waals surface area contributed by atoms with Gasteiger partial charge in [0.1, 0.15) is 0 Å². The molecule has 40 valence electrons. The number of fused-ring (bicyclic) bond motifs is 1. The Morgan fingerprint density at radius 3 is 2.43 bits per heavy atom. The maximum Gasteiger partial charge on any atom is 0.0630 e. The molecule has 0 radical (unpaired) electrons. The standard InChI is InChI=1S/C6H10O/c1-4-2-6-5(4)3-7-6/h4-6H,2-3H2,1H3/t4?,5?,6-/m0/s1. The molecule has 1 saturated carbocycles. The van der Waals surface area contributed by atoms with Crippen molar-refractivity contribution in [1.29, 1.82) is 0 Å². The van der Waals surface area contributed by atoms with Gasteiger partial charge in [-0.25, -0.2) is 0 Å². The third-order valence-electron chi connectivity index (χ3n) is 2.32. The van der Waals surface area contributed by atoms with Crippen LogP contribution in [0.3, 0.4) is 0 Å². The summed E-state index contributed by atoms with van der Waals surface area (Å²) in [5.41, 5.74) is 0. The lowest BCUT2D eigenvalue weighted by Gasteiger charge is -2.51. The Balaban J connectivity index is 1.99. The number of hydrogen-bond acceptors (Lipinski definition) is 1. The summed E-state index contributed by atoms with van der Waals surface area (Å²) in [5.74, 6) is 1.93. The highest BCUT2D eigenvalue weighted by Gasteiger charge is 2.45. The Bertz CT molecular complexity index is 86.2. The predicted octanol–water partition coefficient (Wildman–Crippen LogP) is 1.04.